The van der Waals surface area contributed by atoms with Gasteiger partial charge in [0.05, 0.1) is 12.1 Å². The van der Waals surface area contributed by atoms with Crippen LogP contribution in [0.15, 0.2) is 11.6 Å². The summed E-state index contributed by atoms with van der Waals surface area (Å²) in [5.41, 5.74) is 0. The summed E-state index contributed by atoms with van der Waals surface area (Å²) in [5.74, 6) is 0. The Morgan fingerprint density at radius 2 is 2.42 bits per heavy atom. The standard InChI is InChI=1S/C8H14N2OS/c1-6(11)5-10-7(2)8-9-3-4-12-8/h3-4,6-7,10-11H,5H2,1-2H3/t6-,7-/m0/s1. The second kappa shape index (κ2) is 4.54. The molecular formula is C8H14N2OS. The van der Waals surface area contributed by atoms with Gasteiger partial charge in [-0.3, -0.25) is 0 Å². The molecule has 0 aromatic carbocycles. The van der Waals surface area contributed by atoms with Crippen molar-refractivity contribution in [3.63, 3.8) is 0 Å². The van der Waals surface area contributed by atoms with Crippen molar-refractivity contribution in [1.29, 1.82) is 0 Å². The lowest BCUT2D eigenvalue weighted by molar-refractivity contribution is 0.187. The molecule has 0 spiro atoms. The number of nitrogens with zero attached hydrogens (tertiary/aromatic N) is 1. The van der Waals surface area contributed by atoms with Gasteiger partial charge in [-0.15, -0.1) is 11.3 Å². The molecule has 0 radical (unpaired) electrons. The minimum atomic E-state index is -0.299. The summed E-state index contributed by atoms with van der Waals surface area (Å²) in [6.45, 7) is 4.42. The summed E-state index contributed by atoms with van der Waals surface area (Å²) >= 11 is 1.63. The van der Waals surface area contributed by atoms with Gasteiger partial charge in [-0.05, 0) is 13.8 Å². The molecule has 0 saturated carbocycles. The molecule has 1 aromatic heterocycles. The quantitative estimate of drug-likeness (QED) is 0.742. The summed E-state index contributed by atoms with van der Waals surface area (Å²) in [6, 6.07) is 0.236. The van der Waals surface area contributed by atoms with Crippen LogP contribution in [0.5, 0.6) is 0 Å². The molecule has 0 bridgehead atoms. The Morgan fingerprint density at radius 1 is 1.67 bits per heavy atom. The molecule has 1 rings (SSSR count). The number of thiazole rings is 1. The first-order valence-electron chi connectivity index (χ1n) is 4.01. The van der Waals surface area contributed by atoms with Gasteiger partial charge >= 0.3 is 0 Å². The third kappa shape index (κ3) is 2.89. The second-order valence-corrected chi connectivity index (χ2v) is 3.78. The van der Waals surface area contributed by atoms with Gasteiger partial charge < -0.3 is 10.4 Å². The maximum absolute atomic E-state index is 9.02. The van der Waals surface area contributed by atoms with Gasteiger partial charge in [0.15, 0.2) is 0 Å². The van der Waals surface area contributed by atoms with Crippen LogP contribution in [-0.2, 0) is 0 Å². The molecule has 0 saturated heterocycles. The fraction of sp³-hybridized carbons (Fsp3) is 0.625. The molecule has 0 aliphatic carbocycles. The van der Waals surface area contributed by atoms with Crippen LogP contribution in [0, 0.1) is 0 Å². The molecule has 12 heavy (non-hydrogen) atoms. The highest BCUT2D eigenvalue weighted by atomic mass is 32.1. The van der Waals surface area contributed by atoms with Gasteiger partial charge in [0, 0.05) is 18.1 Å². The van der Waals surface area contributed by atoms with E-state index in [4.69, 9.17) is 5.11 Å². The lowest BCUT2D eigenvalue weighted by atomic mass is 10.3. The van der Waals surface area contributed by atoms with Gasteiger partial charge in [0.1, 0.15) is 5.01 Å². The molecule has 0 amide bonds. The minimum Gasteiger partial charge on any atom is -0.392 e. The Morgan fingerprint density at radius 3 is 2.92 bits per heavy atom. The van der Waals surface area contributed by atoms with Crippen LogP contribution in [0.1, 0.15) is 24.9 Å². The molecule has 0 aliphatic heterocycles. The van der Waals surface area contributed by atoms with E-state index < -0.39 is 0 Å². The molecule has 0 unspecified atom stereocenters. The van der Waals surface area contributed by atoms with Crippen molar-refractivity contribution in [2.24, 2.45) is 0 Å². The molecule has 1 aromatic rings. The predicted molar refractivity (Wildman–Crippen MR) is 50.2 cm³/mol. The van der Waals surface area contributed by atoms with E-state index in [-0.39, 0.29) is 12.1 Å². The average Bonchev–Trinajstić information content (AvgIpc) is 2.51. The summed E-state index contributed by atoms with van der Waals surface area (Å²) in [5, 5.41) is 15.2. The van der Waals surface area contributed by atoms with E-state index >= 15 is 0 Å². The number of hydrogen-bond donors (Lipinski definition) is 2. The third-order valence-corrected chi connectivity index (χ3v) is 2.50. The number of aliphatic hydroxyl groups excluding tert-OH is 1. The molecule has 68 valence electrons. The van der Waals surface area contributed by atoms with Crippen molar-refractivity contribution in [2.75, 3.05) is 6.54 Å². The SMILES string of the molecule is C[C@H](O)CN[C@@H](C)c1nccs1. The Hall–Kier alpha value is -0.450. The number of aromatic nitrogens is 1. The van der Waals surface area contributed by atoms with E-state index in [1.165, 1.54) is 0 Å². The highest BCUT2D eigenvalue weighted by molar-refractivity contribution is 7.09. The van der Waals surface area contributed by atoms with Crippen LogP contribution in [-0.4, -0.2) is 22.7 Å². The molecule has 1 heterocycles. The predicted octanol–water partition coefficient (Wildman–Crippen LogP) is 1.17. The van der Waals surface area contributed by atoms with E-state index in [0.717, 1.165) is 5.01 Å². The number of nitrogens with one attached hydrogen (secondary N) is 1. The first-order chi connectivity index (χ1) is 5.70. The Balaban J connectivity index is 2.34. The third-order valence-electron chi connectivity index (χ3n) is 1.54. The fourth-order valence-corrected chi connectivity index (χ4v) is 1.55. The van der Waals surface area contributed by atoms with Gasteiger partial charge in [-0.25, -0.2) is 4.98 Å². The molecule has 2 atom stereocenters. The van der Waals surface area contributed by atoms with Gasteiger partial charge in [0.2, 0.25) is 0 Å². The topological polar surface area (TPSA) is 45.1 Å². The Labute approximate surface area is 76.5 Å². The molecule has 3 nitrogen and oxygen atoms in total. The zero-order valence-electron chi connectivity index (χ0n) is 7.32. The maximum Gasteiger partial charge on any atom is 0.109 e. The molecular weight excluding hydrogens is 172 g/mol. The van der Waals surface area contributed by atoms with Gasteiger partial charge in [-0.1, -0.05) is 0 Å². The summed E-state index contributed by atoms with van der Waals surface area (Å²) < 4.78 is 0. The zero-order valence-corrected chi connectivity index (χ0v) is 8.14. The lowest BCUT2D eigenvalue weighted by Gasteiger charge is -2.11. The average molecular weight is 186 g/mol. The monoisotopic (exact) mass is 186 g/mol. The van der Waals surface area contributed by atoms with E-state index in [9.17, 15) is 0 Å². The normalized spacial score (nSPS) is 15.9. The summed E-state index contributed by atoms with van der Waals surface area (Å²) in [6.07, 6.45) is 1.49. The molecule has 0 aliphatic rings. The second-order valence-electron chi connectivity index (χ2n) is 2.85. The molecule has 0 fully saturated rings. The van der Waals surface area contributed by atoms with Crippen molar-refractivity contribution in [3.8, 4) is 0 Å². The van der Waals surface area contributed by atoms with Crippen LogP contribution in [0.2, 0.25) is 0 Å². The van der Waals surface area contributed by atoms with Crippen molar-refractivity contribution < 1.29 is 5.11 Å². The van der Waals surface area contributed by atoms with Crippen molar-refractivity contribution in [3.05, 3.63) is 16.6 Å². The van der Waals surface area contributed by atoms with Crippen LogP contribution in [0.3, 0.4) is 0 Å². The summed E-state index contributed by atoms with van der Waals surface area (Å²) in [4.78, 5) is 4.17. The zero-order chi connectivity index (χ0) is 8.97. The maximum atomic E-state index is 9.02. The van der Waals surface area contributed by atoms with Gasteiger partial charge in [0.25, 0.3) is 0 Å². The van der Waals surface area contributed by atoms with E-state index in [0.29, 0.717) is 6.54 Å². The van der Waals surface area contributed by atoms with E-state index in [2.05, 4.69) is 10.3 Å². The highest BCUT2D eigenvalue weighted by Crippen LogP contribution is 2.13. The Kier molecular flexibility index (Phi) is 3.65. The molecule has 2 N–H and O–H groups in total. The Bertz CT molecular complexity index is 211. The van der Waals surface area contributed by atoms with Crippen molar-refractivity contribution in [1.82, 2.24) is 10.3 Å². The van der Waals surface area contributed by atoms with E-state index in [1.807, 2.05) is 12.3 Å². The van der Waals surface area contributed by atoms with Crippen LogP contribution in [0.25, 0.3) is 0 Å². The summed E-state index contributed by atoms with van der Waals surface area (Å²) in [7, 11) is 0. The number of hydrogen-bond acceptors (Lipinski definition) is 4. The van der Waals surface area contributed by atoms with Crippen LogP contribution >= 0.6 is 11.3 Å². The first-order valence-corrected chi connectivity index (χ1v) is 4.89. The largest absolute Gasteiger partial charge is 0.392 e. The highest BCUT2D eigenvalue weighted by Gasteiger charge is 2.07. The van der Waals surface area contributed by atoms with E-state index in [1.54, 1.807) is 24.5 Å². The number of rotatable bonds is 4. The van der Waals surface area contributed by atoms with Crippen molar-refractivity contribution in [2.45, 2.75) is 26.0 Å². The smallest absolute Gasteiger partial charge is 0.109 e. The first kappa shape index (κ1) is 9.64. The minimum absolute atomic E-state index is 0.236. The number of aliphatic hydroxyl groups is 1. The van der Waals surface area contributed by atoms with Crippen molar-refractivity contribution >= 4 is 11.3 Å². The lowest BCUT2D eigenvalue weighted by Crippen LogP contribution is -2.26. The molecule has 4 heteroatoms. The van der Waals surface area contributed by atoms with Crippen LogP contribution < -0.4 is 5.32 Å². The fourth-order valence-electron chi connectivity index (χ4n) is 0.883. The van der Waals surface area contributed by atoms with Crippen LogP contribution in [0.4, 0.5) is 0 Å². The van der Waals surface area contributed by atoms with Gasteiger partial charge in [-0.2, -0.15) is 0 Å².